The molecule has 1 fully saturated rings. The maximum Gasteiger partial charge on any atom is 0.329 e. The van der Waals surface area contributed by atoms with Crippen LogP contribution < -0.4 is 4.90 Å². The van der Waals surface area contributed by atoms with E-state index in [4.69, 9.17) is 0 Å². The van der Waals surface area contributed by atoms with Gasteiger partial charge in [0.05, 0.1) is 0 Å². The summed E-state index contributed by atoms with van der Waals surface area (Å²) >= 11 is 1.33. The predicted octanol–water partition coefficient (Wildman–Crippen LogP) is 2.71. The second-order valence-electron chi connectivity index (χ2n) is 5.09. The molecule has 0 saturated carbocycles. The molecule has 1 saturated heterocycles. The third-order valence-electron chi connectivity index (χ3n) is 3.71. The van der Waals surface area contributed by atoms with Gasteiger partial charge in [-0.15, -0.1) is 0 Å². The van der Waals surface area contributed by atoms with Gasteiger partial charge in [-0.1, -0.05) is 20.3 Å². The van der Waals surface area contributed by atoms with Crippen molar-refractivity contribution in [3.8, 4) is 0 Å². The van der Waals surface area contributed by atoms with Crippen LogP contribution in [0.1, 0.15) is 51.8 Å². The smallest absolute Gasteiger partial charge is 0.329 e. The van der Waals surface area contributed by atoms with Crippen molar-refractivity contribution in [2.75, 3.05) is 11.4 Å². The van der Waals surface area contributed by atoms with Gasteiger partial charge in [0.15, 0.2) is 0 Å². The van der Waals surface area contributed by atoms with Crippen molar-refractivity contribution < 1.29 is 9.90 Å². The van der Waals surface area contributed by atoms with E-state index in [1.54, 1.807) is 0 Å². The summed E-state index contributed by atoms with van der Waals surface area (Å²) in [5.41, 5.74) is -0.766. The van der Waals surface area contributed by atoms with Crippen molar-refractivity contribution in [3.05, 3.63) is 5.82 Å². The van der Waals surface area contributed by atoms with Crippen LogP contribution in [0.5, 0.6) is 0 Å². The lowest BCUT2D eigenvalue weighted by molar-refractivity contribution is -0.143. The van der Waals surface area contributed by atoms with Crippen LogP contribution in [0.3, 0.4) is 0 Å². The van der Waals surface area contributed by atoms with Crippen LogP contribution in [0.4, 0.5) is 5.13 Å². The first-order valence-electron chi connectivity index (χ1n) is 6.97. The van der Waals surface area contributed by atoms with Gasteiger partial charge in [0, 0.05) is 24.5 Å². The van der Waals surface area contributed by atoms with E-state index in [9.17, 15) is 9.90 Å². The molecule has 5 nitrogen and oxygen atoms in total. The van der Waals surface area contributed by atoms with Crippen LogP contribution in [-0.4, -0.2) is 32.5 Å². The minimum Gasteiger partial charge on any atom is -0.479 e. The molecule has 2 rings (SSSR count). The van der Waals surface area contributed by atoms with Crippen LogP contribution in [0.2, 0.25) is 0 Å². The zero-order valence-electron chi connectivity index (χ0n) is 11.6. The highest BCUT2D eigenvalue weighted by Crippen LogP contribution is 2.38. The zero-order chi connectivity index (χ0) is 13.9. The first-order chi connectivity index (χ1) is 9.14. The summed E-state index contributed by atoms with van der Waals surface area (Å²) in [6.07, 6.45) is 5.02. The Bertz CT molecular complexity index is 449. The topological polar surface area (TPSA) is 66.3 Å². The molecule has 2 heterocycles. The summed E-state index contributed by atoms with van der Waals surface area (Å²) in [4.78, 5) is 18.2. The van der Waals surface area contributed by atoms with Crippen LogP contribution in [0.15, 0.2) is 0 Å². The Labute approximate surface area is 117 Å². The molecule has 0 spiro atoms. The SMILES string of the molecule is CCCc1nsc(N2CCCC2(CCC)C(=O)O)n1. The molecular formula is C13H21N3O2S. The van der Waals surface area contributed by atoms with Crippen molar-refractivity contribution in [1.29, 1.82) is 0 Å². The second-order valence-corrected chi connectivity index (χ2v) is 5.82. The number of anilines is 1. The highest BCUT2D eigenvalue weighted by Gasteiger charge is 2.48. The van der Waals surface area contributed by atoms with Gasteiger partial charge in [-0.25, -0.2) is 9.78 Å². The molecule has 106 valence electrons. The zero-order valence-corrected chi connectivity index (χ0v) is 12.4. The Morgan fingerprint density at radius 3 is 2.89 bits per heavy atom. The van der Waals surface area contributed by atoms with Gasteiger partial charge in [0.25, 0.3) is 0 Å². The molecule has 1 aromatic rings. The number of rotatable bonds is 6. The molecule has 1 aliphatic rings. The highest BCUT2D eigenvalue weighted by atomic mass is 32.1. The highest BCUT2D eigenvalue weighted by molar-refractivity contribution is 7.09. The van der Waals surface area contributed by atoms with Crippen LogP contribution in [-0.2, 0) is 11.2 Å². The number of carbonyl (C=O) groups is 1. The van der Waals surface area contributed by atoms with E-state index >= 15 is 0 Å². The number of aliphatic carboxylic acids is 1. The molecule has 0 radical (unpaired) electrons. The van der Waals surface area contributed by atoms with Gasteiger partial charge in [-0.3, -0.25) is 0 Å². The Balaban J connectivity index is 2.27. The van der Waals surface area contributed by atoms with E-state index in [1.807, 2.05) is 11.8 Å². The third-order valence-corrected chi connectivity index (χ3v) is 4.49. The van der Waals surface area contributed by atoms with E-state index in [1.165, 1.54) is 11.5 Å². The number of hydrogen-bond donors (Lipinski definition) is 1. The molecule has 0 bridgehead atoms. The number of carboxylic acid groups (broad SMARTS) is 1. The predicted molar refractivity (Wildman–Crippen MR) is 75.8 cm³/mol. The van der Waals surface area contributed by atoms with Crippen molar-refractivity contribution in [2.45, 2.75) is 57.9 Å². The van der Waals surface area contributed by atoms with E-state index in [0.29, 0.717) is 12.8 Å². The van der Waals surface area contributed by atoms with Gasteiger partial charge in [-0.2, -0.15) is 4.37 Å². The average molecular weight is 283 g/mol. The molecule has 1 unspecified atom stereocenters. The maximum atomic E-state index is 11.7. The van der Waals surface area contributed by atoms with Crippen molar-refractivity contribution >= 4 is 22.6 Å². The standard InChI is InChI=1S/C13H21N3O2S/c1-3-6-10-14-12(19-15-10)16-9-5-8-13(16,7-4-2)11(17)18/h3-9H2,1-2H3,(H,17,18). The number of hydrogen-bond acceptors (Lipinski definition) is 5. The number of nitrogens with zero attached hydrogens (tertiary/aromatic N) is 3. The Morgan fingerprint density at radius 2 is 2.26 bits per heavy atom. The molecule has 0 aliphatic carbocycles. The quantitative estimate of drug-likeness (QED) is 0.869. The van der Waals surface area contributed by atoms with Gasteiger partial charge in [0.1, 0.15) is 11.4 Å². The van der Waals surface area contributed by atoms with Crippen molar-refractivity contribution in [1.82, 2.24) is 9.36 Å². The lowest BCUT2D eigenvalue weighted by atomic mass is 9.91. The second kappa shape index (κ2) is 5.86. The summed E-state index contributed by atoms with van der Waals surface area (Å²) in [7, 11) is 0. The lowest BCUT2D eigenvalue weighted by Gasteiger charge is -2.34. The Morgan fingerprint density at radius 1 is 1.47 bits per heavy atom. The lowest BCUT2D eigenvalue weighted by Crippen LogP contribution is -2.50. The molecular weight excluding hydrogens is 262 g/mol. The largest absolute Gasteiger partial charge is 0.479 e. The number of aromatic nitrogens is 2. The first-order valence-corrected chi connectivity index (χ1v) is 7.75. The molecule has 1 aliphatic heterocycles. The Kier molecular flexibility index (Phi) is 4.39. The fourth-order valence-corrected chi connectivity index (χ4v) is 3.67. The Hall–Kier alpha value is -1.17. The van der Waals surface area contributed by atoms with Crippen LogP contribution in [0, 0.1) is 0 Å². The average Bonchev–Trinajstić information content (AvgIpc) is 2.97. The van der Waals surface area contributed by atoms with E-state index in [2.05, 4.69) is 16.3 Å². The summed E-state index contributed by atoms with van der Waals surface area (Å²) in [5, 5.41) is 10.4. The van der Waals surface area contributed by atoms with E-state index < -0.39 is 11.5 Å². The number of carboxylic acids is 1. The van der Waals surface area contributed by atoms with Gasteiger partial charge in [-0.05, 0) is 25.7 Å². The van der Waals surface area contributed by atoms with Crippen LogP contribution >= 0.6 is 11.5 Å². The fourth-order valence-electron chi connectivity index (χ4n) is 2.84. The fraction of sp³-hybridized carbons (Fsp3) is 0.769. The van der Waals surface area contributed by atoms with E-state index in [-0.39, 0.29) is 0 Å². The maximum absolute atomic E-state index is 11.7. The molecule has 6 heteroatoms. The van der Waals surface area contributed by atoms with Crippen LogP contribution in [0.25, 0.3) is 0 Å². The van der Waals surface area contributed by atoms with Gasteiger partial charge >= 0.3 is 5.97 Å². The molecule has 19 heavy (non-hydrogen) atoms. The minimum atomic E-state index is -0.766. The molecule has 0 aromatic carbocycles. The molecule has 0 amide bonds. The normalized spacial score (nSPS) is 22.9. The molecule has 1 atom stereocenters. The minimum absolute atomic E-state index is 0.672. The molecule has 1 N–H and O–H groups in total. The first kappa shape index (κ1) is 14.2. The monoisotopic (exact) mass is 283 g/mol. The summed E-state index contributed by atoms with van der Waals surface area (Å²) in [5.74, 6) is 0.115. The van der Waals surface area contributed by atoms with E-state index in [0.717, 1.165) is 43.2 Å². The van der Waals surface area contributed by atoms with Gasteiger partial charge in [0.2, 0.25) is 5.13 Å². The summed E-state index contributed by atoms with van der Waals surface area (Å²) in [6, 6.07) is 0. The summed E-state index contributed by atoms with van der Waals surface area (Å²) < 4.78 is 4.33. The summed E-state index contributed by atoms with van der Waals surface area (Å²) in [6.45, 7) is 4.89. The third kappa shape index (κ3) is 2.59. The number of aryl methyl sites for hydroxylation is 1. The van der Waals surface area contributed by atoms with Crippen molar-refractivity contribution in [2.24, 2.45) is 0 Å². The molecule has 1 aromatic heterocycles. The van der Waals surface area contributed by atoms with Crippen molar-refractivity contribution in [3.63, 3.8) is 0 Å². The van der Waals surface area contributed by atoms with Gasteiger partial charge < -0.3 is 10.0 Å².